The molecule has 1 aliphatic rings. The summed E-state index contributed by atoms with van der Waals surface area (Å²) >= 11 is 0. The van der Waals surface area contributed by atoms with E-state index in [4.69, 9.17) is 9.47 Å². The molecule has 1 fully saturated rings. The van der Waals surface area contributed by atoms with Gasteiger partial charge in [0.2, 0.25) is 0 Å². The lowest BCUT2D eigenvalue weighted by molar-refractivity contribution is -0.384. The summed E-state index contributed by atoms with van der Waals surface area (Å²) in [7, 11) is 1.57. The van der Waals surface area contributed by atoms with Crippen LogP contribution in [0.15, 0.2) is 54.6 Å². The highest BCUT2D eigenvalue weighted by atomic mass is 16.6. The number of carbonyl (C=O) groups excluding carboxylic acids is 2. The van der Waals surface area contributed by atoms with E-state index in [0.29, 0.717) is 36.5 Å². The minimum Gasteiger partial charge on any atom is -0.497 e. The Morgan fingerprint density at radius 1 is 1.17 bits per heavy atom. The van der Waals surface area contributed by atoms with E-state index in [1.165, 1.54) is 16.8 Å². The third-order valence-electron chi connectivity index (χ3n) is 5.93. The molecule has 1 amide bonds. The topological polar surface area (TPSA) is 117 Å². The molecule has 1 saturated heterocycles. The Hall–Kier alpha value is -4.21. The maximum atomic E-state index is 13.6. The van der Waals surface area contributed by atoms with Crippen molar-refractivity contribution in [3.05, 3.63) is 70.4 Å². The van der Waals surface area contributed by atoms with Crippen molar-refractivity contribution in [1.29, 1.82) is 0 Å². The summed E-state index contributed by atoms with van der Waals surface area (Å²) in [5.41, 5.74) is 1.82. The fraction of sp³-hybridized carbons (Fsp3) is 0.320. The molecule has 1 atom stereocenters. The third-order valence-corrected chi connectivity index (χ3v) is 5.93. The van der Waals surface area contributed by atoms with Crippen molar-refractivity contribution in [2.45, 2.75) is 19.8 Å². The number of rotatable bonds is 7. The molecule has 0 aliphatic carbocycles. The number of methoxy groups -OCH3 is 1. The molecule has 1 unspecified atom stereocenters. The van der Waals surface area contributed by atoms with Crippen LogP contribution < -0.4 is 4.74 Å². The first-order chi connectivity index (χ1) is 16.9. The van der Waals surface area contributed by atoms with Crippen LogP contribution in [0.3, 0.4) is 0 Å². The van der Waals surface area contributed by atoms with Gasteiger partial charge in [0.25, 0.3) is 11.6 Å². The first-order valence-corrected chi connectivity index (χ1v) is 11.4. The zero-order chi connectivity index (χ0) is 24.9. The summed E-state index contributed by atoms with van der Waals surface area (Å²) in [4.78, 5) is 38.4. The van der Waals surface area contributed by atoms with Crippen LogP contribution in [0.1, 0.15) is 30.3 Å². The normalized spacial score (nSPS) is 15.5. The monoisotopic (exact) mass is 478 g/mol. The summed E-state index contributed by atoms with van der Waals surface area (Å²) in [5.74, 6) is -0.321. The van der Waals surface area contributed by atoms with Crippen molar-refractivity contribution < 1.29 is 24.0 Å². The van der Waals surface area contributed by atoms with E-state index < -0.39 is 4.92 Å². The molecule has 0 bridgehead atoms. The van der Waals surface area contributed by atoms with E-state index in [1.54, 1.807) is 49.3 Å². The van der Waals surface area contributed by atoms with Crippen LogP contribution in [0.4, 0.5) is 5.69 Å². The van der Waals surface area contributed by atoms with Crippen molar-refractivity contribution in [1.82, 2.24) is 14.7 Å². The van der Waals surface area contributed by atoms with Crippen molar-refractivity contribution in [3.8, 4) is 22.7 Å². The van der Waals surface area contributed by atoms with E-state index in [2.05, 4.69) is 5.10 Å². The van der Waals surface area contributed by atoms with Gasteiger partial charge in [0, 0.05) is 30.8 Å². The molecule has 2 heterocycles. The van der Waals surface area contributed by atoms with Gasteiger partial charge in [-0.25, -0.2) is 4.68 Å². The molecule has 35 heavy (non-hydrogen) atoms. The molecule has 10 nitrogen and oxygen atoms in total. The highest BCUT2D eigenvalue weighted by molar-refractivity contribution is 5.95. The number of ether oxygens (including phenoxy) is 2. The molecule has 0 N–H and O–H groups in total. The van der Waals surface area contributed by atoms with Gasteiger partial charge in [-0.1, -0.05) is 6.07 Å². The quantitative estimate of drug-likeness (QED) is 0.287. The number of piperidine rings is 1. The number of benzene rings is 2. The zero-order valence-corrected chi connectivity index (χ0v) is 19.5. The Kier molecular flexibility index (Phi) is 7.09. The highest BCUT2D eigenvalue weighted by Crippen LogP contribution is 2.27. The Balaban J connectivity index is 1.73. The number of nitrogens with zero attached hydrogens (tertiary/aromatic N) is 4. The Labute approximate surface area is 202 Å². The fourth-order valence-electron chi connectivity index (χ4n) is 4.15. The number of likely N-dealkylation sites (tertiary alicyclic amines) is 1. The van der Waals surface area contributed by atoms with E-state index in [0.717, 1.165) is 5.56 Å². The lowest BCUT2D eigenvalue weighted by Crippen LogP contribution is -2.43. The van der Waals surface area contributed by atoms with Gasteiger partial charge in [0.05, 0.1) is 35.9 Å². The Morgan fingerprint density at radius 3 is 2.63 bits per heavy atom. The first-order valence-electron chi connectivity index (χ1n) is 11.4. The standard InChI is InChI=1S/C25H26N4O6/c1-3-35-25(31)18-6-5-13-27(16-18)24(30)23-15-22(17-9-11-21(34-2)12-10-17)26-28(23)19-7-4-8-20(14-19)29(32)33/h4,7-12,14-15,18H,3,5-6,13,16H2,1-2H3. The minimum atomic E-state index is -0.493. The van der Waals surface area contributed by atoms with Crippen molar-refractivity contribution >= 4 is 17.6 Å². The molecule has 2 aromatic carbocycles. The molecule has 4 rings (SSSR count). The number of nitro benzene ring substituents is 1. The Bertz CT molecular complexity index is 1240. The van der Waals surface area contributed by atoms with Crippen LogP contribution in [0, 0.1) is 16.0 Å². The maximum Gasteiger partial charge on any atom is 0.310 e. The maximum absolute atomic E-state index is 13.6. The van der Waals surface area contributed by atoms with Gasteiger partial charge in [-0.05, 0) is 56.2 Å². The average molecular weight is 479 g/mol. The van der Waals surface area contributed by atoms with Crippen molar-refractivity contribution in [2.24, 2.45) is 5.92 Å². The van der Waals surface area contributed by atoms with Gasteiger partial charge >= 0.3 is 5.97 Å². The number of aromatic nitrogens is 2. The first kappa shape index (κ1) is 23.9. The van der Waals surface area contributed by atoms with Gasteiger partial charge in [0.15, 0.2) is 0 Å². The second-order valence-electron chi connectivity index (χ2n) is 8.17. The van der Waals surface area contributed by atoms with Gasteiger partial charge in [-0.15, -0.1) is 0 Å². The number of nitro groups is 1. The molecular weight excluding hydrogens is 452 g/mol. The van der Waals surface area contributed by atoms with Gasteiger partial charge in [0.1, 0.15) is 11.4 Å². The Morgan fingerprint density at radius 2 is 1.94 bits per heavy atom. The van der Waals surface area contributed by atoms with Crippen LogP contribution >= 0.6 is 0 Å². The SMILES string of the molecule is CCOC(=O)C1CCCN(C(=O)c2cc(-c3ccc(OC)cc3)nn2-c2cccc([N+](=O)[O-])c2)C1. The van der Waals surface area contributed by atoms with Crippen LogP contribution in [0.25, 0.3) is 16.9 Å². The predicted octanol–water partition coefficient (Wildman–Crippen LogP) is 3.87. The van der Waals surface area contributed by atoms with Gasteiger partial charge in [-0.2, -0.15) is 5.10 Å². The molecule has 3 aromatic rings. The molecule has 0 radical (unpaired) electrons. The fourth-order valence-corrected chi connectivity index (χ4v) is 4.15. The summed E-state index contributed by atoms with van der Waals surface area (Å²) in [6.07, 6.45) is 1.33. The van der Waals surface area contributed by atoms with Crippen molar-refractivity contribution in [3.63, 3.8) is 0 Å². The number of hydrogen-bond donors (Lipinski definition) is 0. The number of hydrogen-bond acceptors (Lipinski definition) is 7. The molecule has 1 aliphatic heterocycles. The number of amides is 1. The van der Waals surface area contributed by atoms with E-state index >= 15 is 0 Å². The molecule has 10 heteroatoms. The largest absolute Gasteiger partial charge is 0.497 e. The molecule has 0 saturated carbocycles. The second kappa shape index (κ2) is 10.4. The molecular formula is C25H26N4O6. The number of carbonyl (C=O) groups is 2. The van der Waals surface area contributed by atoms with E-state index in [1.807, 2.05) is 12.1 Å². The lowest BCUT2D eigenvalue weighted by atomic mass is 9.98. The molecule has 0 spiro atoms. The van der Waals surface area contributed by atoms with Crippen LogP contribution in [-0.2, 0) is 9.53 Å². The average Bonchev–Trinajstić information content (AvgIpc) is 3.34. The summed E-state index contributed by atoms with van der Waals surface area (Å²) < 4.78 is 11.8. The summed E-state index contributed by atoms with van der Waals surface area (Å²) in [5, 5.41) is 16.0. The third kappa shape index (κ3) is 5.16. The van der Waals surface area contributed by atoms with Crippen molar-refractivity contribution in [2.75, 3.05) is 26.8 Å². The van der Waals surface area contributed by atoms with Crippen LogP contribution in [0.2, 0.25) is 0 Å². The van der Waals surface area contributed by atoms with E-state index in [-0.39, 0.29) is 42.3 Å². The zero-order valence-electron chi connectivity index (χ0n) is 19.5. The molecule has 1 aromatic heterocycles. The smallest absolute Gasteiger partial charge is 0.310 e. The number of esters is 1. The van der Waals surface area contributed by atoms with Gasteiger partial charge < -0.3 is 14.4 Å². The lowest BCUT2D eigenvalue weighted by Gasteiger charge is -2.31. The van der Waals surface area contributed by atoms with Crippen LogP contribution in [0.5, 0.6) is 5.75 Å². The minimum absolute atomic E-state index is 0.109. The highest BCUT2D eigenvalue weighted by Gasteiger charge is 2.32. The summed E-state index contributed by atoms with van der Waals surface area (Å²) in [6.45, 7) is 2.78. The van der Waals surface area contributed by atoms with E-state index in [9.17, 15) is 19.7 Å². The predicted molar refractivity (Wildman–Crippen MR) is 127 cm³/mol. The summed E-state index contributed by atoms with van der Waals surface area (Å²) in [6, 6.07) is 14.9. The number of non-ortho nitro benzene ring substituents is 1. The second-order valence-corrected chi connectivity index (χ2v) is 8.17. The van der Waals surface area contributed by atoms with Gasteiger partial charge in [-0.3, -0.25) is 19.7 Å². The molecule has 182 valence electrons. The van der Waals surface area contributed by atoms with Crippen LogP contribution in [-0.4, -0.2) is 58.3 Å².